The van der Waals surface area contributed by atoms with Crippen LogP contribution >= 0.6 is 24.0 Å². The molecule has 3 aromatic rings. The molecule has 9 heteroatoms. The minimum Gasteiger partial charge on any atom is -0.497 e. The first kappa shape index (κ1) is 25.9. The predicted molar refractivity (Wildman–Crippen MR) is 148 cm³/mol. The van der Waals surface area contributed by atoms with Gasteiger partial charge in [0, 0.05) is 12.7 Å². The zero-order valence-electron chi connectivity index (χ0n) is 20.4. The van der Waals surface area contributed by atoms with Crippen molar-refractivity contribution >= 4 is 45.9 Å². The molecule has 1 aromatic carbocycles. The molecule has 2 aromatic heterocycles. The summed E-state index contributed by atoms with van der Waals surface area (Å²) in [5.41, 5.74) is 0.304. The van der Waals surface area contributed by atoms with Gasteiger partial charge in [-0.1, -0.05) is 69.1 Å². The van der Waals surface area contributed by atoms with Crippen LogP contribution in [0.4, 0.5) is 0 Å². The van der Waals surface area contributed by atoms with Gasteiger partial charge in [0.1, 0.15) is 27.0 Å². The first-order chi connectivity index (χ1) is 17.5. The molecule has 0 spiro atoms. The van der Waals surface area contributed by atoms with Crippen molar-refractivity contribution in [3.05, 3.63) is 69.5 Å². The summed E-state index contributed by atoms with van der Waals surface area (Å²) < 4.78 is 13.2. The molecule has 4 rings (SSSR count). The Hall–Kier alpha value is -3.17. The monoisotopic (exact) mass is 523 g/mol. The van der Waals surface area contributed by atoms with Crippen molar-refractivity contribution in [2.45, 2.75) is 45.4 Å². The van der Waals surface area contributed by atoms with Crippen molar-refractivity contribution in [1.82, 2.24) is 14.3 Å². The van der Waals surface area contributed by atoms with Crippen LogP contribution in [0.2, 0.25) is 0 Å². The Labute approximate surface area is 220 Å². The lowest BCUT2D eigenvalue weighted by Gasteiger charge is -2.14. The number of hydrogen-bond donors (Lipinski definition) is 0. The maximum Gasteiger partial charge on any atom is 0.269 e. The molecule has 3 heterocycles. The van der Waals surface area contributed by atoms with Crippen molar-refractivity contribution < 1.29 is 14.3 Å². The predicted octanol–water partition coefficient (Wildman–Crippen LogP) is 6.06. The first-order valence-electron chi connectivity index (χ1n) is 12.1. The zero-order chi connectivity index (χ0) is 25.5. The third kappa shape index (κ3) is 5.96. The summed E-state index contributed by atoms with van der Waals surface area (Å²) in [6, 6.07) is 12.3. The van der Waals surface area contributed by atoms with Crippen molar-refractivity contribution in [3.63, 3.8) is 0 Å². The van der Waals surface area contributed by atoms with Crippen molar-refractivity contribution in [2.24, 2.45) is 0 Å². The van der Waals surface area contributed by atoms with E-state index in [2.05, 4.69) is 11.9 Å². The molecule has 0 atom stereocenters. The number of aromatic nitrogens is 2. The lowest BCUT2D eigenvalue weighted by atomic mass is 10.1. The SMILES string of the molecule is CCCCCCCCN1C(=O)C(=Cc2c(Oc3ccc(OC)cc3)nc3ccccn3c2=O)SC1=S. The van der Waals surface area contributed by atoms with Crippen molar-refractivity contribution in [3.8, 4) is 17.4 Å². The van der Waals surface area contributed by atoms with Gasteiger partial charge in [-0.05, 0) is 48.9 Å². The molecule has 0 N–H and O–H groups in total. The van der Waals surface area contributed by atoms with Crippen LogP contribution in [-0.4, -0.2) is 38.2 Å². The Bertz CT molecular complexity index is 1340. The lowest BCUT2D eigenvalue weighted by Crippen LogP contribution is -2.29. The van der Waals surface area contributed by atoms with E-state index in [9.17, 15) is 9.59 Å². The Balaban J connectivity index is 1.61. The Morgan fingerprint density at radius 2 is 1.72 bits per heavy atom. The molecule has 0 radical (unpaired) electrons. The molecule has 1 amide bonds. The fraction of sp³-hybridized carbons (Fsp3) is 0.333. The molecule has 1 aliphatic rings. The second kappa shape index (κ2) is 12.2. The summed E-state index contributed by atoms with van der Waals surface area (Å²) >= 11 is 6.69. The largest absolute Gasteiger partial charge is 0.497 e. The summed E-state index contributed by atoms with van der Waals surface area (Å²) in [7, 11) is 1.59. The Morgan fingerprint density at radius 1 is 1.00 bits per heavy atom. The number of carbonyl (C=O) groups is 1. The number of unbranched alkanes of at least 4 members (excludes halogenated alkanes) is 5. The third-order valence-corrected chi connectivity index (χ3v) is 7.27. The van der Waals surface area contributed by atoms with E-state index in [-0.39, 0.29) is 22.9 Å². The quantitative estimate of drug-likeness (QED) is 0.172. The van der Waals surface area contributed by atoms with Crippen LogP contribution in [0.25, 0.3) is 11.7 Å². The maximum atomic E-state index is 13.4. The van der Waals surface area contributed by atoms with Gasteiger partial charge in [0.25, 0.3) is 11.5 Å². The molecule has 7 nitrogen and oxygen atoms in total. The van der Waals surface area contributed by atoms with E-state index >= 15 is 0 Å². The van der Waals surface area contributed by atoms with Gasteiger partial charge in [0.15, 0.2) is 0 Å². The third-order valence-electron chi connectivity index (χ3n) is 5.89. The standard InChI is InChI=1S/C27H29N3O4S2/c1-3-4-5-6-7-9-17-30-26(32)22(36-27(30)35)18-21-24(34-20-14-12-19(33-2)13-15-20)28-23-11-8-10-16-29(23)25(21)31/h8,10-16,18H,3-7,9,17H2,1-2H3. The van der Waals surface area contributed by atoms with Gasteiger partial charge < -0.3 is 9.47 Å². The van der Waals surface area contributed by atoms with Gasteiger partial charge in [-0.25, -0.2) is 0 Å². The molecule has 1 fully saturated rings. The van der Waals surface area contributed by atoms with Gasteiger partial charge in [-0.2, -0.15) is 4.98 Å². The number of benzene rings is 1. The van der Waals surface area contributed by atoms with Gasteiger partial charge in [0.2, 0.25) is 5.88 Å². The second-order valence-corrected chi connectivity index (χ2v) is 10.1. The highest BCUT2D eigenvalue weighted by Crippen LogP contribution is 2.34. The van der Waals surface area contributed by atoms with Crippen LogP contribution in [0.15, 0.2) is 58.4 Å². The summed E-state index contributed by atoms with van der Waals surface area (Å²) in [4.78, 5) is 33.2. The number of amides is 1. The van der Waals surface area contributed by atoms with E-state index < -0.39 is 0 Å². The molecule has 0 saturated carbocycles. The molecule has 0 aliphatic carbocycles. The second-order valence-electron chi connectivity index (χ2n) is 8.44. The summed E-state index contributed by atoms with van der Waals surface area (Å²) in [6.07, 6.45) is 9.96. The fourth-order valence-corrected chi connectivity index (χ4v) is 5.20. The number of nitrogens with zero attached hydrogens (tertiary/aromatic N) is 3. The zero-order valence-corrected chi connectivity index (χ0v) is 22.1. The first-order valence-corrected chi connectivity index (χ1v) is 13.3. The molecule has 1 aliphatic heterocycles. The average Bonchev–Trinajstić information content (AvgIpc) is 3.16. The number of pyridine rings is 1. The fourth-order valence-electron chi connectivity index (χ4n) is 3.91. The van der Waals surface area contributed by atoms with Crippen molar-refractivity contribution in [2.75, 3.05) is 13.7 Å². The van der Waals surface area contributed by atoms with Crippen LogP contribution in [0.3, 0.4) is 0 Å². The number of methoxy groups -OCH3 is 1. The topological polar surface area (TPSA) is 73.1 Å². The van der Waals surface area contributed by atoms with E-state index in [1.807, 2.05) is 0 Å². The van der Waals surface area contributed by atoms with E-state index in [1.54, 1.807) is 66.7 Å². The van der Waals surface area contributed by atoms with Gasteiger partial charge in [0.05, 0.1) is 12.0 Å². The molecule has 36 heavy (non-hydrogen) atoms. The van der Waals surface area contributed by atoms with Gasteiger partial charge in [-0.3, -0.25) is 18.9 Å². The van der Waals surface area contributed by atoms with Crippen LogP contribution in [0.5, 0.6) is 17.4 Å². The molecular weight excluding hydrogens is 494 g/mol. The van der Waals surface area contributed by atoms with Gasteiger partial charge >= 0.3 is 0 Å². The minimum absolute atomic E-state index is 0.123. The summed E-state index contributed by atoms with van der Waals surface area (Å²) in [5.74, 6) is 1.11. The number of hydrogen-bond acceptors (Lipinski definition) is 7. The van der Waals surface area contributed by atoms with Crippen molar-refractivity contribution in [1.29, 1.82) is 0 Å². The van der Waals surface area contributed by atoms with Crippen LogP contribution in [-0.2, 0) is 4.79 Å². The van der Waals surface area contributed by atoms with E-state index in [1.165, 1.54) is 35.4 Å². The molecular formula is C27H29N3O4S2. The highest BCUT2D eigenvalue weighted by atomic mass is 32.2. The number of carbonyl (C=O) groups excluding carboxylic acids is 1. The molecule has 188 valence electrons. The molecule has 1 saturated heterocycles. The number of ether oxygens (including phenoxy) is 2. The summed E-state index contributed by atoms with van der Waals surface area (Å²) in [5, 5.41) is 0. The highest BCUT2D eigenvalue weighted by Gasteiger charge is 2.32. The highest BCUT2D eigenvalue weighted by molar-refractivity contribution is 8.26. The maximum absolute atomic E-state index is 13.4. The number of thiocarbonyl (C=S) groups is 1. The van der Waals surface area contributed by atoms with E-state index in [4.69, 9.17) is 21.7 Å². The number of thioether (sulfide) groups is 1. The number of rotatable bonds is 11. The Kier molecular flexibility index (Phi) is 8.77. The van der Waals surface area contributed by atoms with E-state index in [0.717, 1.165) is 19.3 Å². The van der Waals surface area contributed by atoms with E-state index in [0.29, 0.717) is 32.9 Å². The molecule has 0 unspecified atom stereocenters. The van der Waals surface area contributed by atoms with Crippen LogP contribution in [0.1, 0.15) is 51.0 Å². The lowest BCUT2D eigenvalue weighted by molar-refractivity contribution is -0.122. The number of fused-ring (bicyclic) bond motifs is 1. The smallest absolute Gasteiger partial charge is 0.269 e. The molecule has 0 bridgehead atoms. The normalized spacial score (nSPS) is 14.7. The average molecular weight is 524 g/mol. The minimum atomic E-state index is -0.328. The summed E-state index contributed by atoms with van der Waals surface area (Å²) in [6.45, 7) is 2.77. The van der Waals surface area contributed by atoms with Crippen LogP contribution < -0.4 is 15.0 Å². The van der Waals surface area contributed by atoms with Gasteiger partial charge in [-0.15, -0.1) is 0 Å². The Morgan fingerprint density at radius 3 is 2.47 bits per heavy atom. The van der Waals surface area contributed by atoms with Crippen LogP contribution in [0, 0.1) is 0 Å².